The van der Waals surface area contributed by atoms with Crippen LogP contribution in [0.2, 0.25) is 0 Å². The van der Waals surface area contributed by atoms with Crippen molar-refractivity contribution >= 4 is 29.2 Å². The molecule has 146 valence electrons. The normalized spacial score (nSPS) is 15.1. The summed E-state index contributed by atoms with van der Waals surface area (Å²) in [5, 5.41) is 2.50. The summed E-state index contributed by atoms with van der Waals surface area (Å²) < 4.78 is 0. The minimum atomic E-state index is -0.283. The molecule has 7 heteroatoms. The summed E-state index contributed by atoms with van der Waals surface area (Å²) in [7, 11) is 0. The minimum Gasteiger partial charge on any atom is -0.350 e. The van der Waals surface area contributed by atoms with E-state index in [0.29, 0.717) is 10.9 Å². The van der Waals surface area contributed by atoms with Gasteiger partial charge in [-0.3, -0.25) is 19.9 Å². The van der Waals surface area contributed by atoms with Crippen molar-refractivity contribution in [3.63, 3.8) is 0 Å². The van der Waals surface area contributed by atoms with E-state index in [-0.39, 0.29) is 29.4 Å². The van der Waals surface area contributed by atoms with E-state index in [0.717, 1.165) is 32.7 Å². The summed E-state index contributed by atoms with van der Waals surface area (Å²) in [5.74, 6) is -0.283. The molecule has 28 heavy (non-hydrogen) atoms. The van der Waals surface area contributed by atoms with Crippen LogP contribution in [0, 0.1) is 0 Å². The van der Waals surface area contributed by atoms with E-state index in [4.69, 9.17) is 0 Å². The molecule has 1 aliphatic rings. The van der Waals surface area contributed by atoms with Crippen LogP contribution in [0.1, 0.15) is 16.1 Å². The topological polar surface area (TPSA) is 68.4 Å². The molecule has 2 heterocycles. The van der Waals surface area contributed by atoms with Gasteiger partial charge in [0.15, 0.2) is 5.43 Å². The molecule has 3 aromatic rings. The SMILES string of the molecule is Cl.O=C(NN1CCN(Cc2ccccc2)CC1)c1cc(=O)c2ccccc2[nH]1. The van der Waals surface area contributed by atoms with Crippen molar-refractivity contribution < 1.29 is 4.79 Å². The Balaban J connectivity index is 0.00000225. The van der Waals surface area contributed by atoms with Crippen molar-refractivity contribution in [3.05, 3.63) is 82.1 Å². The first-order valence-corrected chi connectivity index (χ1v) is 9.13. The first kappa shape index (κ1) is 20.1. The fourth-order valence-corrected chi connectivity index (χ4v) is 3.38. The van der Waals surface area contributed by atoms with E-state index in [1.807, 2.05) is 23.2 Å². The zero-order valence-corrected chi connectivity index (χ0v) is 16.2. The molecule has 0 radical (unpaired) electrons. The van der Waals surface area contributed by atoms with Crippen LogP contribution in [0.15, 0.2) is 65.5 Å². The van der Waals surface area contributed by atoms with Crippen LogP contribution >= 0.6 is 12.4 Å². The molecule has 1 aromatic heterocycles. The number of hydrogen-bond acceptors (Lipinski definition) is 4. The Morgan fingerprint density at radius 1 is 0.964 bits per heavy atom. The summed E-state index contributed by atoms with van der Waals surface area (Å²) in [5.41, 5.74) is 5.01. The number of amides is 1. The van der Waals surface area contributed by atoms with Gasteiger partial charge in [-0.2, -0.15) is 0 Å². The number of nitrogens with zero attached hydrogens (tertiary/aromatic N) is 2. The molecule has 0 atom stereocenters. The average molecular weight is 399 g/mol. The van der Waals surface area contributed by atoms with Crippen LogP contribution in [-0.2, 0) is 6.54 Å². The van der Waals surface area contributed by atoms with Crippen molar-refractivity contribution in [2.75, 3.05) is 26.2 Å². The highest BCUT2D eigenvalue weighted by Gasteiger charge is 2.19. The molecule has 0 saturated carbocycles. The highest BCUT2D eigenvalue weighted by Crippen LogP contribution is 2.09. The van der Waals surface area contributed by atoms with Crippen LogP contribution in [0.25, 0.3) is 10.9 Å². The number of nitrogens with one attached hydrogen (secondary N) is 2. The number of H-pyrrole nitrogens is 1. The van der Waals surface area contributed by atoms with Gasteiger partial charge in [0.05, 0.1) is 0 Å². The second kappa shape index (κ2) is 9.01. The van der Waals surface area contributed by atoms with E-state index in [1.165, 1.54) is 11.6 Å². The molecule has 6 nitrogen and oxygen atoms in total. The van der Waals surface area contributed by atoms with E-state index < -0.39 is 0 Å². The number of carbonyl (C=O) groups is 1. The third kappa shape index (κ3) is 4.59. The number of fused-ring (bicyclic) bond motifs is 1. The number of aromatic amines is 1. The fourth-order valence-electron chi connectivity index (χ4n) is 3.38. The molecule has 0 aliphatic carbocycles. The minimum absolute atomic E-state index is 0. The lowest BCUT2D eigenvalue weighted by molar-refractivity contribution is 0.0600. The number of hydrazine groups is 1. The van der Waals surface area contributed by atoms with Crippen LogP contribution in [0.4, 0.5) is 0 Å². The lowest BCUT2D eigenvalue weighted by Crippen LogP contribution is -2.53. The fraction of sp³-hybridized carbons (Fsp3) is 0.238. The molecule has 2 N–H and O–H groups in total. The van der Waals surface area contributed by atoms with Crippen molar-refractivity contribution in [2.24, 2.45) is 0 Å². The Bertz CT molecular complexity index is 998. The second-order valence-electron chi connectivity index (χ2n) is 6.78. The van der Waals surface area contributed by atoms with Gasteiger partial charge >= 0.3 is 0 Å². The molecule has 4 rings (SSSR count). The van der Waals surface area contributed by atoms with Gasteiger partial charge in [0.2, 0.25) is 0 Å². The molecule has 1 aliphatic heterocycles. The smallest absolute Gasteiger partial charge is 0.282 e. The Morgan fingerprint density at radius 2 is 1.64 bits per heavy atom. The number of halogens is 1. The number of carbonyl (C=O) groups excluding carboxylic acids is 1. The molecule has 0 bridgehead atoms. The number of pyridine rings is 1. The van der Waals surface area contributed by atoms with Gasteiger partial charge in [-0.15, -0.1) is 12.4 Å². The Morgan fingerprint density at radius 3 is 2.39 bits per heavy atom. The number of piperazine rings is 1. The highest BCUT2D eigenvalue weighted by atomic mass is 35.5. The summed E-state index contributed by atoms with van der Waals surface area (Å²) in [6, 6.07) is 19.0. The summed E-state index contributed by atoms with van der Waals surface area (Å²) in [4.78, 5) is 30.2. The van der Waals surface area contributed by atoms with Gasteiger partial charge in [-0.1, -0.05) is 42.5 Å². The lowest BCUT2D eigenvalue weighted by atomic mass is 10.2. The van der Waals surface area contributed by atoms with Gasteiger partial charge in [0, 0.05) is 49.7 Å². The van der Waals surface area contributed by atoms with Gasteiger partial charge in [-0.05, 0) is 17.7 Å². The predicted octanol–water partition coefficient (Wildman–Crippen LogP) is 2.41. The van der Waals surface area contributed by atoms with Crippen LogP contribution in [-0.4, -0.2) is 47.0 Å². The maximum atomic E-state index is 12.5. The standard InChI is InChI=1S/C21H22N4O2.ClH/c26-20-14-19(22-18-9-5-4-8-17(18)20)21(27)23-25-12-10-24(11-13-25)15-16-6-2-1-3-7-16;/h1-9,14H,10-13,15H2,(H,22,26)(H,23,27);1H. The maximum Gasteiger partial charge on any atom is 0.282 e. The van der Waals surface area contributed by atoms with Crippen molar-refractivity contribution in [2.45, 2.75) is 6.54 Å². The van der Waals surface area contributed by atoms with Crippen molar-refractivity contribution in [1.29, 1.82) is 0 Å². The van der Waals surface area contributed by atoms with E-state index in [9.17, 15) is 9.59 Å². The van der Waals surface area contributed by atoms with Crippen molar-refractivity contribution in [1.82, 2.24) is 20.3 Å². The molecule has 1 fully saturated rings. The van der Waals surface area contributed by atoms with Gasteiger partial charge in [-0.25, -0.2) is 5.01 Å². The number of hydrogen-bond donors (Lipinski definition) is 2. The van der Waals surface area contributed by atoms with E-state index in [1.54, 1.807) is 12.1 Å². The molecule has 1 amide bonds. The third-order valence-electron chi connectivity index (χ3n) is 4.86. The van der Waals surface area contributed by atoms with Gasteiger partial charge in [0.1, 0.15) is 5.69 Å². The summed E-state index contributed by atoms with van der Waals surface area (Å²) in [6.45, 7) is 4.17. The lowest BCUT2D eigenvalue weighted by Gasteiger charge is -2.34. The summed E-state index contributed by atoms with van der Waals surface area (Å²) in [6.07, 6.45) is 0. The molecule has 0 unspecified atom stereocenters. The maximum absolute atomic E-state index is 12.5. The highest BCUT2D eigenvalue weighted by molar-refractivity contribution is 5.94. The predicted molar refractivity (Wildman–Crippen MR) is 113 cm³/mol. The quantitative estimate of drug-likeness (QED) is 0.708. The monoisotopic (exact) mass is 398 g/mol. The van der Waals surface area contributed by atoms with Crippen LogP contribution in [0.3, 0.4) is 0 Å². The molecule has 2 aromatic carbocycles. The zero-order valence-electron chi connectivity index (χ0n) is 15.4. The number of aromatic nitrogens is 1. The summed E-state index contributed by atoms with van der Waals surface area (Å²) >= 11 is 0. The molecular formula is C21H23ClN4O2. The average Bonchev–Trinajstić information content (AvgIpc) is 2.70. The van der Waals surface area contributed by atoms with Gasteiger partial charge < -0.3 is 4.98 Å². The molecule has 1 saturated heterocycles. The Labute approximate surface area is 169 Å². The molecule has 0 spiro atoms. The van der Waals surface area contributed by atoms with Crippen LogP contribution < -0.4 is 10.9 Å². The first-order valence-electron chi connectivity index (χ1n) is 9.13. The third-order valence-corrected chi connectivity index (χ3v) is 4.86. The largest absolute Gasteiger partial charge is 0.350 e. The van der Waals surface area contributed by atoms with E-state index >= 15 is 0 Å². The van der Waals surface area contributed by atoms with Crippen molar-refractivity contribution in [3.8, 4) is 0 Å². The van der Waals surface area contributed by atoms with E-state index in [2.05, 4.69) is 39.6 Å². The molecular weight excluding hydrogens is 376 g/mol. The number of rotatable bonds is 4. The number of para-hydroxylation sites is 1. The van der Waals surface area contributed by atoms with Gasteiger partial charge in [0.25, 0.3) is 5.91 Å². The number of benzene rings is 2. The Kier molecular flexibility index (Phi) is 6.46. The first-order chi connectivity index (χ1) is 13.2. The van der Waals surface area contributed by atoms with Crippen LogP contribution in [0.5, 0.6) is 0 Å². The zero-order chi connectivity index (χ0) is 18.6. The Hall–Kier alpha value is -2.67. The second-order valence-corrected chi connectivity index (χ2v) is 6.78.